The van der Waals surface area contributed by atoms with E-state index in [-0.39, 0.29) is 5.41 Å². The molecule has 12 heavy (non-hydrogen) atoms. The molecule has 1 aliphatic rings. The van der Waals surface area contributed by atoms with E-state index in [1.807, 2.05) is 7.05 Å². The quantitative estimate of drug-likeness (QED) is 0.624. The fraction of sp³-hybridized carbons (Fsp3) is 1.00. The van der Waals surface area contributed by atoms with Crippen LogP contribution in [0.4, 0.5) is 0 Å². The fourth-order valence-electron chi connectivity index (χ4n) is 1.86. The molecule has 0 aromatic heterocycles. The van der Waals surface area contributed by atoms with Crippen LogP contribution in [0, 0.1) is 5.41 Å². The largest absolute Gasteiger partial charge is 0.396 e. The Morgan fingerprint density at radius 3 is 2.42 bits per heavy atom. The maximum Gasteiger partial charge on any atom is 0.0500 e. The molecule has 72 valence electrons. The summed E-state index contributed by atoms with van der Waals surface area (Å²) in [5, 5.41) is 12.5. The summed E-state index contributed by atoms with van der Waals surface area (Å²) in [5.74, 6) is 0. The summed E-state index contributed by atoms with van der Waals surface area (Å²) in [6.45, 7) is 3.49. The van der Waals surface area contributed by atoms with E-state index < -0.39 is 0 Å². The first-order chi connectivity index (χ1) is 5.72. The van der Waals surface area contributed by atoms with Gasteiger partial charge in [-0.1, -0.05) is 0 Å². The van der Waals surface area contributed by atoms with Gasteiger partial charge in [0.15, 0.2) is 0 Å². The van der Waals surface area contributed by atoms with E-state index in [9.17, 15) is 5.11 Å². The third-order valence-electron chi connectivity index (χ3n) is 2.93. The number of hydrogen-bond acceptors (Lipinski definition) is 3. The molecule has 1 saturated heterocycles. The summed E-state index contributed by atoms with van der Waals surface area (Å²) in [5.41, 5.74) is 0.154. The molecular formula is C9H20N2O. The van der Waals surface area contributed by atoms with E-state index in [2.05, 4.69) is 17.3 Å². The minimum absolute atomic E-state index is 0.154. The summed E-state index contributed by atoms with van der Waals surface area (Å²) >= 11 is 0. The standard InChI is InChI=1S/C9H20N2O/c1-10-7-9(8-12)3-5-11(2)6-4-9/h10,12H,3-8H2,1-2H3. The molecular weight excluding hydrogens is 152 g/mol. The van der Waals surface area contributed by atoms with Crippen molar-refractivity contribution in [2.45, 2.75) is 12.8 Å². The lowest BCUT2D eigenvalue weighted by atomic mass is 9.79. The molecule has 0 radical (unpaired) electrons. The molecule has 0 bridgehead atoms. The maximum atomic E-state index is 9.30. The highest BCUT2D eigenvalue weighted by molar-refractivity contribution is 4.86. The van der Waals surface area contributed by atoms with Crippen LogP contribution in [0.2, 0.25) is 0 Å². The molecule has 3 heteroatoms. The van der Waals surface area contributed by atoms with E-state index in [1.54, 1.807) is 0 Å². The normalized spacial score (nSPS) is 24.2. The van der Waals surface area contributed by atoms with Crippen LogP contribution in [-0.4, -0.2) is 50.3 Å². The SMILES string of the molecule is CNCC1(CO)CCN(C)CC1. The Kier molecular flexibility index (Phi) is 3.50. The maximum absolute atomic E-state index is 9.30. The molecule has 1 heterocycles. The van der Waals surface area contributed by atoms with Crippen molar-refractivity contribution in [2.75, 3.05) is 40.3 Å². The third kappa shape index (κ3) is 2.19. The van der Waals surface area contributed by atoms with E-state index in [1.165, 1.54) is 0 Å². The molecule has 0 aliphatic carbocycles. The Balaban J connectivity index is 2.45. The molecule has 3 nitrogen and oxygen atoms in total. The lowest BCUT2D eigenvalue weighted by Gasteiger charge is -2.39. The van der Waals surface area contributed by atoms with Crippen molar-refractivity contribution < 1.29 is 5.11 Å². The molecule has 2 N–H and O–H groups in total. The molecule has 1 rings (SSSR count). The van der Waals surface area contributed by atoms with E-state index >= 15 is 0 Å². The van der Waals surface area contributed by atoms with Crippen LogP contribution >= 0.6 is 0 Å². The predicted octanol–water partition coefficient (Wildman–Crippen LogP) is -0.0899. The summed E-state index contributed by atoms with van der Waals surface area (Å²) in [4.78, 5) is 2.32. The van der Waals surface area contributed by atoms with Gasteiger partial charge in [-0.3, -0.25) is 0 Å². The van der Waals surface area contributed by atoms with Crippen LogP contribution in [0.3, 0.4) is 0 Å². The van der Waals surface area contributed by atoms with Gasteiger partial charge >= 0.3 is 0 Å². The number of aliphatic hydroxyl groups excluding tert-OH is 1. The van der Waals surface area contributed by atoms with Gasteiger partial charge in [-0.05, 0) is 40.0 Å². The predicted molar refractivity (Wildman–Crippen MR) is 50.2 cm³/mol. The highest BCUT2D eigenvalue weighted by Gasteiger charge is 2.32. The molecule has 0 atom stereocenters. The van der Waals surface area contributed by atoms with Crippen molar-refractivity contribution in [3.63, 3.8) is 0 Å². The molecule has 1 fully saturated rings. The second-order valence-corrected chi connectivity index (χ2v) is 3.99. The zero-order valence-electron chi connectivity index (χ0n) is 8.14. The number of hydrogen-bond donors (Lipinski definition) is 2. The van der Waals surface area contributed by atoms with Crippen LogP contribution in [-0.2, 0) is 0 Å². The Morgan fingerprint density at radius 1 is 1.42 bits per heavy atom. The van der Waals surface area contributed by atoms with Crippen molar-refractivity contribution in [3.05, 3.63) is 0 Å². The Labute approximate surface area is 74.8 Å². The minimum atomic E-state index is 0.154. The number of rotatable bonds is 3. The van der Waals surface area contributed by atoms with Crippen molar-refractivity contribution >= 4 is 0 Å². The lowest BCUT2D eigenvalue weighted by molar-refractivity contribution is 0.0545. The van der Waals surface area contributed by atoms with E-state index in [4.69, 9.17) is 0 Å². The number of nitrogens with zero attached hydrogens (tertiary/aromatic N) is 1. The molecule has 0 amide bonds. The fourth-order valence-corrected chi connectivity index (χ4v) is 1.86. The van der Waals surface area contributed by atoms with Crippen LogP contribution in [0.5, 0.6) is 0 Å². The summed E-state index contributed by atoms with van der Waals surface area (Å²) < 4.78 is 0. The number of nitrogens with one attached hydrogen (secondary N) is 1. The summed E-state index contributed by atoms with van der Waals surface area (Å²) in [6, 6.07) is 0. The number of likely N-dealkylation sites (tertiary alicyclic amines) is 1. The number of piperidine rings is 1. The van der Waals surface area contributed by atoms with Crippen molar-refractivity contribution in [1.29, 1.82) is 0 Å². The van der Waals surface area contributed by atoms with Gasteiger partial charge in [0.05, 0.1) is 6.61 Å². The molecule has 0 spiro atoms. The monoisotopic (exact) mass is 172 g/mol. The molecule has 0 aromatic rings. The van der Waals surface area contributed by atoms with Crippen LogP contribution in [0.15, 0.2) is 0 Å². The third-order valence-corrected chi connectivity index (χ3v) is 2.93. The highest BCUT2D eigenvalue weighted by atomic mass is 16.3. The van der Waals surface area contributed by atoms with Crippen molar-refractivity contribution in [3.8, 4) is 0 Å². The Hall–Kier alpha value is -0.120. The topological polar surface area (TPSA) is 35.5 Å². The summed E-state index contributed by atoms with van der Waals surface area (Å²) in [7, 11) is 4.09. The van der Waals surface area contributed by atoms with Crippen LogP contribution in [0.1, 0.15) is 12.8 Å². The van der Waals surface area contributed by atoms with Crippen molar-refractivity contribution in [2.24, 2.45) is 5.41 Å². The molecule has 0 aromatic carbocycles. The lowest BCUT2D eigenvalue weighted by Crippen LogP contribution is -2.45. The Morgan fingerprint density at radius 2 is 2.00 bits per heavy atom. The summed E-state index contributed by atoms with van der Waals surface area (Å²) in [6.07, 6.45) is 2.22. The first-order valence-corrected chi connectivity index (χ1v) is 4.66. The Bertz CT molecular complexity index is 130. The first kappa shape index (κ1) is 9.96. The second kappa shape index (κ2) is 4.21. The van der Waals surface area contributed by atoms with Gasteiger partial charge in [-0.2, -0.15) is 0 Å². The first-order valence-electron chi connectivity index (χ1n) is 4.66. The zero-order valence-corrected chi connectivity index (χ0v) is 8.14. The molecule has 0 saturated carbocycles. The van der Waals surface area contributed by atoms with Crippen LogP contribution in [0.25, 0.3) is 0 Å². The molecule has 0 unspecified atom stereocenters. The van der Waals surface area contributed by atoms with Gasteiger partial charge < -0.3 is 15.3 Å². The van der Waals surface area contributed by atoms with Gasteiger partial charge in [0.2, 0.25) is 0 Å². The number of aliphatic hydroxyl groups is 1. The average molecular weight is 172 g/mol. The highest BCUT2D eigenvalue weighted by Crippen LogP contribution is 2.29. The zero-order chi connectivity index (χ0) is 9.03. The van der Waals surface area contributed by atoms with Gasteiger partial charge in [0.25, 0.3) is 0 Å². The van der Waals surface area contributed by atoms with E-state index in [0.29, 0.717) is 6.61 Å². The van der Waals surface area contributed by atoms with Crippen molar-refractivity contribution in [1.82, 2.24) is 10.2 Å². The average Bonchev–Trinajstić information content (AvgIpc) is 2.10. The van der Waals surface area contributed by atoms with E-state index in [0.717, 1.165) is 32.5 Å². The van der Waals surface area contributed by atoms with Gasteiger partial charge in [-0.15, -0.1) is 0 Å². The molecule has 1 aliphatic heterocycles. The minimum Gasteiger partial charge on any atom is -0.396 e. The van der Waals surface area contributed by atoms with Crippen LogP contribution < -0.4 is 5.32 Å². The van der Waals surface area contributed by atoms with Gasteiger partial charge in [-0.25, -0.2) is 0 Å². The smallest absolute Gasteiger partial charge is 0.0500 e. The second-order valence-electron chi connectivity index (χ2n) is 3.99. The van der Waals surface area contributed by atoms with Gasteiger partial charge in [0.1, 0.15) is 0 Å². The van der Waals surface area contributed by atoms with Gasteiger partial charge in [0, 0.05) is 12.0 Å².